The van der Waals surface area contributed by atoms with E-state index in [0.717, 1.165) is 16.8 Å². The number of carbonyl (C=O) groups is 2. The highest BCUT2D eigenvalue weighted by atomic mass is 35.5. The predicted molar refractivity (Wildman–Crippen MR) is 137 cm³/mol. The van der Waals surface area contributed by atoms with Crippen LogP contribution in [0, 0.1) is 0 Å². The molecule has 182 valence electrons. The van der Waals surface area contributed by atoms with Gasteiger partial charge in [-0.05, 0) is 67.4 Å². The van der Waals surface area contributed by atoms with Crippen molar-refractivity contribution in [3.05, 3.63) is 95.8 Å². The standard InChI is InChI=1S/C27H25ClN6O2/c1-27(2)17-32(25(35)21-6-3-5-20(15-21)19-9-11-29-12-10-19)13-14-33(27)26(36)24-30-18-34(31-24)23-8-4-7-22(28)16-23/h3-12,15-16,18H,13-14,17H2,1-2H3. The SMILES string of the molecule is CC1(C)CN(C(=O)c2cccc(-c3ccncc3)c2)CCN1C(=O)c1ncn(-c2cccc(Cl)c2)n1. The van der Waals surface area contributed by atoms with Crippen molar-refractivity contribution in [3.8, 4) is 16.8 Å². The van der Waals surface area contributed by atoms with E-state index in [1.54, 1.807) is 34.3 Å². The molecule has 0 atom stereocenters. The topological polar surface area (TPSA) is 84.2 Å². The molecule has 0 bridgehead atoms. The monoisotopic (exact) mass is 500 g/mol. The number of pyridine rings is 1. The number of rotatable bonds is 4. The molecular weight excluding hydrogens is 476 g/mol. The van der Waals surface area contributed by atoms with E-state index in [0.29, 0.717) is 30.2 Å². The molecule has 2 amide bonds. The van der Waals surface area contributed by atoms with Crippen molar-refractivity contribution in [1.82, 2.24) is 29.5 Å². The molecule has 2 aromatic heterocycles. The summed E-state index contributed by atoms with van der Waals surface area (Å²) in [7, 11) is 0. The Balaban J connectivity index is 1.31. The zero-order valence-electron chi connectivity index (χ0n) is 20.0. The van der Waals surface area contributed by atoms with Gasteiger partial charge < -0.3 is 9.80 Å². The second kappa shape index (κ2) is 9.54. The van der Waals surface area contributed by atoms with Crippen molar-refractivity contribution in [2.75, 3.05) is 19.6 Å². The molecule has 1 saturated heterocycles. The first-order chi connectivity index (χ1) is 17.3. The molecular formula is C27H25ClN6O2. The van der Waals surface area contributed by atoms with Crippen LogP contribution in [0.25, 0.3) is 16.8 Å². The van der Waals surface area contributed by atoms with Crippen LogP contribution >= 0.6 is 11.6 Å². The third-order valence-corrected chi connectivity index (χ3v) is 6.55. The fourth-order valence-electron chi connectivity index (χ4n) is 4.49. The highest BCUT2D eigenvalue weighted by Crippen LogP contribution is 2.26. The van der Waals surface area contributed by atoms with Gasteiger partial charge in [-0.15, -0.1) is 5.10 Å². The number of piperazine rings is 1. The zero-order valence-corrected chi connectivity index (χ0v) is 20.8. The first kappa shape index (κ1) is 23.7. The van der Waals surface area contributed by atoms with Crippen LogP contribution in [0.2, 0.25) is 5.02 Å². The summed E-state index contributed by atoms with van der Waals surface area (Å²) < 4.78 is 1.53. The van der Waals surface area contributed by atoms with Crippen molar-refractivity contribution in [3.63, 3.8) is 0 Å². The fraction of sp³-hybridized carbons (Fsp3) is 0.222. The Morgan fingerprint density at radius 1 is 0.917 bits per heavy atom. The summed E-state index contributed by atoms with van der Waals surface area (Å²) in [6, 6.07) is 18.6. The largest absolute Gasteiger partial charge is 0.335 e. The fourth-order valence-corrected chi connectivity index (χ4v) is 4.67. The summed E-state index contributed by atoms with van der Waals surface area (Å²) in [6.45, 7) is 5.10. The molecule has 5 rings (SSSR count). The average molecular weight is 501 g/mol. The van der Waals surface area contributed by atoms with E-state index in [-0.39, 0.29) is 17.6 Å². The van der Waals surface area contributed by atoms with Crippen LogP contribution in [0.5, 0.6) is 0 Å². The Morgan fingerprint density at radius 3 is 2.44 bits per heavy atom. The number of benzene rings is 2. The third kappa shape index (κ3) is 4.72. The van der Waals surface area contributed by atoms with Crippen molar-refractivity contribution in [1.29, 1.82) is 0 Å². The minimum absolute atomic E-state index is 0.0607. The van der Waals surface area contributed by atoms with Crippen molar-refractivity contribution < 1.29 is 9.59 Å². The molecule has 0 radical (unpaired) electrons. The van der Waals surface area contributed by atoms with Gasteiger partial charge in [0.1, 0.15) is 6.33 Å². The first-order valence-electron chi connectivity index (χ1n) is 11.6. The number of hydrogen-bond donors (Lipinski definition) is 0. The number of nitrogens with zero attached hydrogens (tertiary/aromatic N) is 6. The quantitative estimate of drug-likeness (QED) is 0.415. The van der Waals surface area contributed by atoms with Gasteiger partial charge in [0, 0.05) is 42.6 Å². The van der Waals surface area contributed by atoms with Gasteiger partial charge >= 0.3 is 0 Å². The maximum absolute atomic E-state index is 13.4. The number of aromatic nitrogens is 4. The highest BCUT2D eigenvalue weighted by molar-refractivity contribution is 6.30. The van der Waals surface area contributed by atoms with E-state index in [9.17, 15) is 9.59 Å². The molecule has 3 heterocycles. The van der Waals surface area contributed by atoms with Gasteiger partial charge in [-0.25, -0.2) is 9.67 Å². The van der Waals surface area contributed by atoms with E-state index < -0.39 is 5.54 Å². The average Bonchev–Trinajstić information content (AvgIpc) is 3.38. The summed E-state index contributed by atoms with van der Waals surface area (Å²) in [4.78, 5) is 38.5. The molecule has 0 spiro atoms. The summed E-state index contributed by atoms with van der Waals surface area (Å²) in [5, 5.41) is 4.95. The maximum atomic E-state index is 13.4. The van der Waals surface area contributed by atoms with Gasteiger partial charge in [-0.1, -0.05) is 29.8 Å². The van der Waals surface area contributed by atoms with Gasteiger partial charge in [0.2, 0.25) is 5.82 Å². The molecule has 8 nitrogen and oxygen atoms in total. The number of halogens is 1. The van der Waals surface area contributed by atoms with Crippen LogP contribution in [-0.4, -0.2) is 66.5 Å². The van der Waals surface area contributed by atoms with Gasteiger partial charge in [0.15, 0.2) is 0 Å². The lowest BCUT2D eigenvalue weighted by molar-refractivity contribution is 0.0160. The Bertz CT molecular complexity index is 1420. The number of hydrogen-bond acceptors (Lipinski definition) is 5. The summed E-state index contributed by atoms with van der Waals surface area (Å²) in [5.74, 6) is -0.227. The Morgan fingerprint density at radius 2 is 1.69 bits per heavy atom. The van der Waals surface area contributed by atoms with Crippen LogP contribution in [-0.2, 0) is 0 Å². The smallest absolute Gasteiger partial charge is 0.294 e. The molecule has 2 aromatic carbocycles. The molecule has 1 fully saturated rings. The second-order valence-electron chi connectivity index (χ2n) is 9.31. The van der Waals surface area contributed by atoms with Gasteiger partial charge in [-0.2, -0.15) is 0 Å². The molecule has 0 aliphatic carbocycles. The Hall–Kier alpha value is -4.04. The van der Waals surface area contributed by atoms with Gasteiger partial charge in [-0.3, -0.25) is 14.6 Å². The molecule has 0 saturated carbocycles. The van der Waals surface area contributed by atoms with Crippen molar-refractivity contribution >= 4 is 23.4 Å². The van der Waals surface area contributed by atoms with E-state index in [1.165, 1.54) is 11.0 Å². The lowest BCUT2D eigenvalue weighted by atomic mass is 9.97. The van der Waals surface area contributed by atoms with Crippen LogP contribution in [0.4, 0.5) is 0 Å². The Kier molecular flexibility index (Phi) is 6.28. The summed E-state index contributed by atoms with van der Waals surface area (Å²) >= 11 is 6.08. The van der Waals surface area contributed by atoms with E-state index in [2.05, 4.69) is 15.1 Å². The lowest BCUT2D eigenvalue weighted by Gasteiger charge is -2.46. The Labute approximate surface area is 214 Å². The van der Waals surface area contributed by atoms with Crippen molar-refractivity contribution in [2.45, 2.75) is 19.4 Å². The van der Waals surface area contributed by atoms with Crippen LogP contribution < -0.4 is 0 Å². The van der Waals surface area contributed by atoms with Crippen LogP contribution in [0.1, 0.15) is 34.8 Å². The van der Waals surface area contributed by atoms with E-state index in [1.807, 2.05) is 62.4 Å². The van der Waals surface area contributed by atoms with Gasteiger partial charge in [0.05, 0.1) is 11.2 Å². The lowest BCUT2D eigenvalue weighted by Crippen LogP contribution is -2.62. The molecule has 4 aromatic rings. The molecule has 0 unspecified atom stereocenters. The number of carbonyl (C=O) groups excluding carboxylic acids is 2. The van der Waals surface area contributed by atoms with Crippen LogP contribution in [0.15, 0.2) is 79.4 Å². The van der Waals surface area contributed by atoms with Gasteiger partial charge in [0.25, 0.3) is 11.8 Å². The molecule has 9 heteroatoms. The summed E-state index contributed by atoms with van der Waals surface area (Å²) in [6.07, 6.45) is 4.96. The minimum Gasteiger partial charge on any atom is -0.335 e. The molecule has 0 N–H and O–H groups in total. The summed E-state index contributed by atoms with van der Waals surface area (Å²) in [5.41, 5.74) is 2.69. The van der Waals surface area contributed by atoms with E-state index in [4.69, 9.17) is 11.6 Å². The second-order valence-corrected chi connectivity index (χ2v) is 9.74. The molecule has 36 heavy (non-hydrogen) atoms. The third-order valence-electron chi connectivity index (χ3n) is 6.31. The predicted octanol–water partition coefficient (Wildman–Crippen LogP) is 4.36. The zero-order chi connectivity index (χ0) is 25.3. The van der Waals surface area contributed by atoms with E-state index >= 15 is 0 Å². The van der Waals surface area contributed by atoms with Crippen LogP contribution in [0.3, 0.4) is 0 Å². The van der Waals surface area contributed by atoms with Crippen molar-refractivity contribution in [2.24, 2.45) is 0 Å². The maximum Gasteiger partial charge on any atom is 0.294 e. The molecule has 1 aliphatic heterocycles. The normalized spacial score (nSPS) is 15.1. The first-order valence-corrected chi connectivity index (χ1v) is 12.0. The number of amides is 2. The molecule has 1 aliphatic rings. The minimum atomic E-state index is -0.602. The highest BCUT2D eigenvalue weighted by Gasteiger charge is 2.40.